The average molecular weight is 271 g/mol. The largest absolute Gasteiger partial charge is 0.312 e. The number of nitrogens with zero attached hydrogens (tertiary/aromatic N) is 1. The molecule has 0 spiro atoms. The van der Waals surface area contributed by atoms with Crippen LogP contribution < -0.4 is 5.32 Å². The molecule has 1 N–H and O–H groups in total. The Morgan fingerprint density at radius 3 is 2.82 bits per heavy atom. The number of nitrogens with one attached hydrogen (secondary N) is 1. The number of benzene rings is 1. The van der Waals surface area contributed by atoms with Crippen molar-refractivity contribution in [3.8, 4) is 10.6 Å². The number of aromatic nitrogens is 1. The molecule has 2 nitrogen and oxygen atoms in total. The van der Waals surface area contributed by atoms with E-state index >= 15 is 0 Å². The molecule has 5 heteroatoms. The fraction of sp³-hybridized carbons (Fsp3) is 0.250. The van der Waals surface area contributed by atoms with Crippen molar-refractivity contribution in [1.82, 2.24) is 10.3 Å². The van der Waals surface area contributed by atoms with Gasteiger partial charge in [0.2, 0.25) is 0 Å². The molecule has 0 aliphatic carbocycles. The SMILES string of the molecule is CNC(C)c1csc(-c2cc(F)cc(Cl)c2)n1. The third kappa shape index (κ3) is 2.83. The second-order valence-electron chi connectivity index (χ2n) is 3.75. The first kappa shape index (κ1) is 12.5. The van der Waals surface area contributed by atoms with Crippen LogP contribution in [0.3, 0.4) is 0 Å². The van der Waals surface area contributed by atoms with Gasteiger partial charge in [0.25, 0.3) is 0 Å². The van der Waals surface area contributed by atoms with E-state index in [1.54, 1.807) is 6.07 Å². The van der Waals surface area contributed by atoms with Crippen LogP contribution >= 0.6 is 22.9 Å². The Morgan fingerprint density at radius 2 is 2.18 bits per heavy atom. The van der Waals surface area contributed by atoms with Crippen molar-refractivity contribution in [1.29, 1.82) is 0 Å². The lowest BCUT2D eigenvalue weighted by atomic mass is 10.2. The molecule has 0 saturated heterocycles. The predicted molar refractivity (Wildman–Crippen MR) is 70.0 cm³/mol. The van der Waals surface area contributed by atoms with Gasteiger partial charge in [0.05, 0.1) is 5.69 Å². The summed E-state index contributed by atoms with van der Waals surface area (Å²) >= 11 is 7.31. The number of thiazole rings is 1. The third-order valence-corrected chi connectivity index (χ3v) is 3.64. The number of hydrogen-bond acceptors (Lipinski definition) is 3. The molecule has 1 atom stereocenters. The van der Waals surface area contributed by atoms with Gasteiger partial charge in [-0.1, -0.05) is 11.6 Å². The van der Waals surface area contributed by atoms with Crippen LogP contribution in [0.4, 0.5) is 4.39 Å². The zero-order valence-corrected chi connectivity index (χ0v) is 11.1. The summed E-state index contributed by atoms with van der Waals surface area (Å²) in [4.78, 5) is 4.46. The minimum absolute atomic E-state index is 0.184. The first-order valence-electron chi connectivity index (χ1n) is 5.19. The van der Waals surface area contributed by atoms with E-state index in [0.29, 0.717) is 5.02 Å². The standard InChI is InChI=1S/C12H12ClFN2S/c1-7(15-2)11-6-17-12(16-11)8-3-9(13)5-10(14)4-8/h3-7,15H,1-2H3. The van der Waals surface area contributed by atoms with Crippen molar-refractivity contribution in [3.05, 3.63) is 40.1 Å². The van der Waals surface area contributed by atoms with Crippen molar-refractivity contribution in [2.45, 2.75) is 13.0 Å². The Bertz CT molecular complexity index is 507. The van der Waals surface area contributed by atoms with Crippen LogP contribution in [0.15, 0.2) is 23.6 Å². The van der Waals surface area contributed by atoms with Crippen LogP contribution in [-0.4, -0.2) is 12.0 Å². The molecule has 0 aliphatic rings. The summed E-state index contributed by atoms with van der Waals surface area (Å²) in [5.74, 6) is -0.342. The van der Waals surface area contributed by atoms with Gasteiger partial charge in [0.1, 0.15) is 10.8 Å². The molecule has 1 heterocycles. The molecule has 0 fully saturated rings. The minimum atomic E-state index is -0.342. The van der Waals surface area contributed by atoms with Crippen molar-refractivity contribution >= 4 is 22.9 Å². The summed E-state index contributed by atoms with van der Waals surface area (Å²) in [5.41, 5.74) is 1.67. The highest BCUT2D eigenvalue weighted by Crippen LogP contribution is 2.28. The summed E-state index contributed by atoms with van der Waals surface area (Å²) in [6.45, 7) is 2.03. The average Bonchev–Trinajstić information content (AvgIpc) is 2.76. The lowest BCUT2D eigenvalue weighted by Gasteiger charge is -2.05. The van der Waals surface area contributed by atoms with E-state index in [4.69, 9.17) is 11.6 Å². The van der Waals surface area contributed by atoms with E-state index in [9.17, 15) is 4.39 Å². The van der Waals surface area contributed by atoms with Crippen LogP contribution in [0.1, 0.15) is 18.7 Å². The Hall–Kier alpha value is -0.970. The first-order chi connectivity index (χ1) is 8.10. The van der Waals surface area contributed by atoms with Gasteiger partial charge in [-0.3, -0.25) is 0 Å². The fourth-order valence-corrected chi connectivity index (χ4v) is 2.57. The Kier molecular flexibility index (Phi) is 3.76. The number of hydrogen-bond donors (Lipinski definition) is 1. The van der Waals surface area contributed by atoms with E-state index in [-0.39, 0.29) is 11.9 Å². The maximum atomic E-state index is 13.2. The maximum Gasteiger partial charge on any atom is 0.125 e. The monoisotopic (exact) mass is 270 g/mol. The van der Waals surface area contributed by atoms with Crippen LogP contribution in [0.2, 0.25) is 5.02 Å². The van der Waals surface area contributed by atoms with Crippen LogP contribution in [0.5, 0.6) is 0 Å². The van der Waals surface area contributed by atoms with Crippen LogP contribution in [0.25, 0.3) is 10.6 Å². The highest BCUT2D eigenvalue weighted by atomic mass is 35.5. The molecule has 0 saturated carbocycles. The first-order valence-corrected chi connectivity index (χ1v) is 6.45. The topological polar surface area (TPSA) is 24.9 Å². The van der Waals surface area contributed by atoms with Gasteiger partial charge in [-0.2, -0.15) is 0 Å². The molecule has 0 aliphatic heterocycles. The van der Waals surface area contributed by atoms with E-state index in [2.05, 4.69) is 10.3 Å². The molecule has 0 radical (unpaired) electrons. The van der Waals surface area contributed by atoms with Gasteiger partial charge in [-0.15, -0.1) is 11.3 Å². The van der Waals surface area contributed by atoms with Gasteiger partial charge in [-0.05, 0) is 32.2 Å². The highest BCUT2D eigenvalue weighted by Gasteiger charge is 2.10. The van der Waals surface area contributed by atoms with Crippen LogP contribution in [-0.2, 0) is 0 Å². The Morgan fingerprint density at radius 1 is 1.41 bits per heavy atom. The maximum absolute atomic E-state index is 13.2. The molecular formula is C12H12ClFN2S. The third-order valence-electron chi connectivity index (χ3n) is 2.51. The van der Waals surface area contributed by atoms with Gasteiger partial charge < -0.3 is 5.32 Å². The summed E-state index contributed by atoms with van der Waals surface area (Å²) in [6, 6.07) is 4.63. The molecule has 17 heavy (non-hydrogen) atoms. The second-order valence-corrected chi connectivity index (χ2v) is 5.04. The van der Waals surface area contributed by atoms with Crippen molar-refractivity contribution in [2.24, 2.45) is 0 Å². The normalized spacial score (nSPS) is 12.7. The van der Waals surface area contributed by atoms with E-state index in [1.807, 2.05) is 19.4 Å². The highest BCUT2D eigenvalue weighted by molar-refractivity contribution is 7.13. The molecule has 0 amide bonds. The van der Waals surface area contributed by atoms with Crippen molar-refractivity contribution in [3.63, 3.8) is 0 Å². The summed E-state index contributed by atoms with van der Waals surface area (Å²) in [6.07, 6.45) is 0. The van der Waals surface area contributed by atoms with E-state index in [1.165, 1.54) is 23.5 Å². The van der Waals surface area contributed by atoms with Gasteiger partial charge in [0, 0.05) is 22.0 Å². The Labute approximate surface area is 108 Å². The number of rotatable bonds is 3. The van der Waals surface area contributed by atoms with Gasteiger partial charge >= 0.3 is 0 Å². The van der Waals surface area contributed by atoms with Crippen molar-refractivity contribution < 1.29 is 4.39 Å². The summed E-state index contributed by atoms with van der Waals surface area (Å²) in [5, 5.41) is 6.25. The smallest absolute Gasteiger partial charge is 0.125 e. The Balaban J connectivity index is 2.36. The molecular weight excluding hydrogens is 259 g/mol. The summed E-state index contributed by atoms with van der Waals surface area (Å²) < 4.78 is 13.2. The van der Waals surface area contributed by atoms with Crippen LogP contribution in [0, 0.1) is 5.82 Å². The predicted octanol–water partition coefficient (Wildman–Crippen LogP) is 3.88. The lowest BCUT2D eigenvalue weighted by molar-refractivity contribution is 0.628. The molecule has 2 aromatic rings. The zero-order valence-electron chi connectivity index (χ0n) is 9.50. The van der Waals surface area contributed by atoms with E-state index in [0.717, 1.165) is 16.3 Å². The molecule has 1 aromatic carbocycles. The molecule has 2 rings (SSSR count). The fourth-order valence-electron chi connectivity index (χ4n) is 1.44. The lowest BCUT2D eigenvalue weighted by Crippen LogP contribution is -2.12. The van der Waals surface area contributed by atoms with E-state index < -0.39 is 0 Å². The molecule has 1 unspecified atom stereocenters. The molecule has 90 valence electrons. The number of halogens is 2. The van der Waals surface area contributed by atoms with Gasteiger partial charge in [0.15, 0.2) is 0 Å². The molecule has 1 aromatic heterocycles. The molecule has 0 bridgehead atoms. The second kappa shape index (κ2) is 5.12. The quantitative estimate of drug-likeness (QED) is 0.915. The van der Waals surface area contributed by atoms with Gasteiger partial charge in [-0.25, -0.2) is 9.37 Å². The minimum Gasteiger partial charge on any atom is -0.312 e. The summed E-state index contributed by atoms with van der Waals surface area (Å²) in [7, 11) is 1.88. The zero-order chi connectivity index (χ0) is 12.4. The van der Waals surface area contributed by atoms with Crippen molar-refractivity contribution in [2.75, 3.05) is 7.05 Å².